The summed E-state index contributed by atoms with van der Waals surface area (Å²) in [6, 6.07) is 11.1. The van der Waals surface area contributed by atoms with Gasteiger partial charge in [-0.25, -0.2) is 9.37 Å². The van der Waals surface area contributed by atoms with Crippen LogP contribution in [-0.2, 0) is 6.42 Å². The quantitative estimate of drug-likeness (QED) is 0.600. The van der Waals surface area contributed by atoms with Crippen LogP contribution >= 0.6 is 11.3 Å². The zero-order valence-electron chi connectivity index (χ0n) is 16.8. The molecule has 29 heavy (non-hydrogen) atoms. The average Bonchev–Trinajstić information content (AvgIpc) is 3.30. The summed E-state index contributed by atoms with van der Waals surface area (Å²) >= 11 is 1.75. The minimum absolute atomic E-state index is 0.164. The molecule has 8 heteroatoms. The van der Waals surface area contributed by atoms with Crippen LogP contribution in [0.5, 0.6) is 0 Å². The molecule has 3 aromatic rings. The standard InChI is InChI=1S/C21H25FN6S/c1-14(2)28-19-18(27(3)21(28)25-17-9-5-4-8-16(17)22)13-24-20(26-19)23-11-10-15-7-6-12-29-15/h4-9,12-14,21,25H,10-11H2,1-3H3,(H,23,24,26). The third-order valence-corrected chi connectivity index (χ3v) is 5.89. The number of anilines is 4. The fraction of sp³-hybridized carbons (Fsp3) is 0.333. The number of fused-ring (bicyclic) bond motifs is 1. The van der Waals surface area contributed by atoms with E-state index in [9.17, 15) is 4.39 Å². The molecule has 2 aromatic heterocycles. The minimum Gasteiger partial charge on any atom is -0.354 e. The van der Waals surface area contributed by atoms with Crippen molar-refractivity contribution in [3.63, 3.8) is 0 Å². The van der Waals surface area contributed by atoms with Crippen molar-refractivity contribution in [2.75, 3.05) is 34.0 Å². The van der Waals surface area contributed by atoms with Crippen molar-refractivity contribution in [2.24, 2.45) is 0 Å². The SMILES string of the molecule is CC(C)N1c2nc(NCCc3cccs3)ncc2N(C)C1Nc1ccccc1F. The number of nitrogens with one attached hydrogen (secondary N) is 2. The van der Waals surface area contributed by atoms with E-state index in [4.69, 9.17) is 4.98 Å². The second-order valence-electron chi connectivity index (χ2n) is 7.27. The van der Waals surface area contributed by atoms with Crippen molar-refractivity contribution in [1.82, 2.24) is 9.97 Å². The molecule has 0 aliphatic carbocycles. The summed E-state index contributed by atoms with van der Waals surface area (Å²) in [5.74, 6) is 1.17. The Kier molecular flexibility index (Phi) is 5.53. The van der Waals surface area contributed by atoms with Gasteiger partial charge in [0.25, 0.3) is 0 Å². The van der Waals surface area contributed by atoms with Crippen LogP contribution in [0.25, 0.3) is 0 Å². The number of para-hydroxylation sites is 1. The first kappa shape index (κ1) is 19.4. The molecule has 0 bridgehead atoms. The average molecular weight is 413 g/mol. The predicted octanol–water partition coefficient (Wildman–Crippen LogP) is 4.39. The Morgan fingerprint density at radius 2 is 2.03 bits per heavy atom. The van der Waals surface area contributed by atoms with Crippen LogP contribution < -0.4 is 20.4 Å². The molecule has 6 nitrogen and oxygen atoms in total. The van der Waals surface area contributed by atoms with E-state index in [1.54, 1.807) is 23.5 Å². The van der Waals surface area contributed by atoms with E-state index >= 15 is 0 Å². The molecule has 4 rings (SSSR count). The summed E-state index contributed by atoms with van der Waals surface area (Å²) in [5, 5.41) is 8.71. The minimum atomic E-state index is -0.275. The summed E-state index contributed by atoms with van der Waals surface area (Å²) in [7, 11) is 1.97. The third kappa shape index (κ3) is 3.98. The van der Waals surface area contributed by atoms with Crippen molar-refractivity contribution in [3.05, 3.63) is 58.7 Å². The second-order valence-corrected chi connectivity index (χ2v) is 8.30. The summed E-state index contributed by atoms with van der Waals surface area (Å²) in [6.45, 7) is 4.98. The second kappa shape index (κ2) is 8.24. The molecule has 1 aliphatic heterocycles. The molecular weight excluding hydrogens is 387 g/mol. The first-order valence-electron chi connectivity index (χ1n) is 9.70. The maximum Gasteiger partial charge on any atom is 0.224 e. The summed E-state index contributed by atoms with van der Waals surface area (Å²) in [4.78, 5) is 14.8. The number of hydrogen-bond acceptors (Lipinski definition) is 7. The molecule has 1 aliphatic rings. The van der Waals surface area contributed by atoms with Crippen LogP contribution in [0.15, 0.2) is 48.0 Å². The fourth-order valence-corrected chi connectivity index (χ4v) is 4.20. The molecule has 3 heterocycles. The van der Waals surface area contributed by atoms with E-state index in [0.717, 1.165) is 24.5 Å². The Balaban J connectivity index is 1.54. The molecule has 0 fully saturated rings. The van der Waals surface area contributed by atoms with Gasteiger partial charge in [0, 0.05) is 24.5 Å². The van der Waals surface area contributed by atoms with Crippen LogP contribution in [0.3, 0.4) is 0 Å². The van der Waals surface area contributed by atoms with Crippen molar-refractivity contribution in [3.8, 4) is 0 Å². The van der Waals surface area contributed by atoms with Gasteiger partial charge in [0.2, 0.25) is 5.95 Å². The van der Waals surface area contributed by atoms with E-state index in [1.165, 1.54) is 10.9 Å². The lowest BCUT2D eigenvalue weighted by Gasteiger charge is -2.34. The van der Waals surface area contributed by atoms with Crippen LogP contribution in [0.1, 0.15) is 18.7 Å². The maximum absolute atomic E-state index is 14.2. The molecule has 2 N–H and O–H groups in total. The molecule has 0 amide bonds. The Hall–Kier alpha value is -2.87. The summed E-state index contributed by atoms with van der Waals surface area (Å²) in [5.41, 5.74) is 1.38. The van der Waals surface area contributed by atoms with Crippen molar-refractivity contribution < 1.29 is 4.39 Å². The Labute approximate surface area is 174 Å². The van der Waals surface area contributed by atoms with Gasteiger partial charge < -0.3 is 20.4 Å². The maximum atomic E-state index is 14.2. The zero-order chi connectivity index (χ0) is 20.4. The van der Waals surface area contributed by atoms with Gasteiger partial charge in [-0.05, 0) is 43.8 Å². The van der Waals surface area contributed by atoms with Gasteiger partial charge in [-0.2, -0.15) is 4.98 Å². The Morgan fingerprint density at radius 3 is 2.76 bits per heavy atom. The molecule has 0 spiro atoms. The summed E-state index contributed by atoms with van der Waals surface area (Å²) < 4.78 is 14.2. The van der Waals surface area contributed by atoms with Crippen molar-refractivity contribution in [1.29, 1.82) is 0 Å². The number of benzene rings is 1. The number of hydrogen-bond donors (Lipinski definition) is 2. The monoisotopic (exact) mass is 412 g/mol. The summed E-state index contributed by atoms with van der Waals surface area (Å²) in [6.07, 6.45) is 2.51. The van der Waals surface area contributed by atoms with Gasteiger partial charge in [0.1, 0.15) is 11.5 Å². The van der Waals surface area contributed by atoms with Crippen molar-refractivity contribution in [2.45, 2.75) is 32.6 Å². The number of rotatable bonds is 7. The highest BCUT2D eigenvalue weighted by molar-refractivity contribution is 7.09. The first-order chi connectivity index (χ1) is 14.0. The van der Waals surface area contributed by atoms with Gasteiger partial charge in [-0.15, -0.1) is 11.3 Å². The molecule has 1 aromatic carbocycles. The Morgan fingerprint density at radius 1 is 1.21 bits per heavy atom. The van der Waals surface area contributed by atoms with Gasteiger partial charge in [-0.3, -0.25) is 0 Å². The normalized spacial score (nSPS) is 15.7. The van der Waals surface area contributed by atoms with E-state index in [-0.39, 0.29) is 18.1 Å². The van der Waals surface area contributed by atoms with E-state index in [1.807, 2.05) is 24.2 Å². The van der Waals surface area contributed by atoms with Gasteiger partial charge >= 0.3 is 0 Å². The molecule has 0 radical (unpaired) electrons. The Bertz CT molecular complexity index is 962. The van der Waals surface area contributed by atoms with E-state index < -0.39 is 0 Å². The number of aromatic nitrogens is 2. The molecule has 1 atom stereocenters. The molecule has 0 saturated heterocycles. The number of thiophene rings is 1. The largest absolute Gasteiger partial charge is 0.354 e. The lowest BCUT2D eigenvalue weighted by Crippen LogP contribution is -2.50. The van der Waals surface area contributed by atoms with Crippen LogP contribution in [-0.4, -0.2) is 35.9 Å². The van der Waals surface area contributed by atoms with Crippen LogP contribution in [0, 0.1) is 5.82 Å². The highest BCUT2D eigenvalue weighted by atomic mass is 32.1. The van der Waals surface area contributed by atoms with Gasteiger partial charge in [0.15, 0.2) is 12.1 Å². The zero-order valence-corrected chi connectivity index (χ0v) is 17.6. The van der Waals surface area contributed by atoms with Gasteiger partial charge in [0.05, 0.1) is 11.9 Å². The molecule has 152 valence electrons. The van der Waals surface area contributed by atoms with Crippen molar-refractivity contribution >= 4 is 34.5 Å². The predicted molar refractivity (Wildman–Crippen MR) is 118 cm³/mol. The molecule has 0 saturated carbocycles. The lowest BCUT2D eigenvalue weighted by atomic mass is 10.3. The fourth-order valence-electron chi connectivity index (χ4n) is 3.49. The van der Waals surface area contributed by atoms with Crippen LogP contribution in [0.2, 0.25) is 0 Å². The highest BCUT2D eigenvalue weighted by Crippen LogP contribution is 2.38. The molecular formula is C21H25FN6S. The lowest BCUT2D eigenvalue weighted by molar-refractivity contribution is 0.587. The van der Waals surface area contributed by atoms with E-state index in [2.05, 4.69) is 51.9 Å². The smallest absolute Gasteiger partial charge is 0.224 e. The van der Waals surface area contributed by atoms with Crippen LogP contribution in [0.4, 0.5) is 27.5 Å². The number of halogens is 1. The highest BCUT2D eigenvalue weighted by Gasteiger charge is 2.37. The first-order valence-corrected chi connectivity index (χ1v) is 10.6. The third-order valence-electron chi connectivity index (χ3n) is 4.95. The molecule has 1 unspecified atom stereocenters. The number of nitrogens with zero attached hydrogens (tertiary/aromatic N) is 4. The van der Waals surface area contributed by atoms with E-state index in [0.29, 0.717) is 11.6 Å². The topological polar surface area (TPSA) is 56.3 Å². The van der Waals surface area contributed by atoms with Gasteiger partial charge in [-0.1, -0.05) is 18.2 Å².